The molecule has 4 aromatic rings. The van der Waals surface area contributed by atoms with Gasteiger partial charge in [-0.1, -0.05) is 72.8 Å². The Morgan fingerprint density at radius 2 is 1.69 bits per heavy atom. The van der Waals surface area contributed by atoms with Crippen molar-refractivity contribution in [2.45, 2.75) is 24.5 Å². The van der Waals surface area contributed by atoms with Gasteiger partial charge in [0.15, 0.2) is 11.6 Å². The summed E-state index contributed by atoms with van der Waals surface area (Å²) < 4.78 is 17.8. The maximum absolute atomic E-state index is 14.3. The largest absolute Gasteiger partial charge is 0.497 e. The molecule has 1 aliphatic rings. The molecule has 7 nitrogen and oxygen atoms in total. The quantitative estimate of drug-likeness (QED) is 0.194. The minimum atomic E-state index is -1.32. The monoisotopic (exact) mass is 562 g/mol. The minimum Gasteiger partial charge on any atom is -0.497 e. The fourth-order valence-electron chi connectivity index (χ4n) is 4.82. The fraction of sp³-hybridized carbons (Fsp3) is 0.200. The highest BCUT2D eigenvalue weighted by Crippen LogP contribution is 2.44. The third-order valence-corrected chi connectivity index (χ3v) is 7.00. The van der Waals surface area contributed by atoms with Crippen LogP contribution in [0.5, 0.6) is 11.5 Å². The first-order chi connectivity index (χ1) is 20.6. The van der Waals surface area contributed by atoms with Crippen molar-refractivity contribution in [3.63, 3.8) is 0 Å². The molecule has 0 radical (unpaired) electrons. The lowest BCUT2D eigenvalue weighted by Gasteiger charge is -2.30. The second-order valence-electron chi connectivity index (χ2n) is 9.90. The SMILES string of the molecule is COc1cccc([C@H]2OC(c3ccc(OCCCO)cc3)=N[C@@]2(C/C=C/c2ccccc2)C(=O)Nc2ccccc2)c1. The lowest BCUT2D eigenvalue weighted by molar-refractivity contribution is -0.123. The van der Waals surface area contributed by atoms with Gasteiger partial charge in [-0.15, -0.1) is 0 Å². The number of para-hydroxylation sites is 1. The van der Waals surface area contributed by atoms with E-state index in [-0.39, 0.29) is 18.9 Å². The van der Waals surface area contributed by atoms with Gasteiger partial charge in [-0.25, -0.2) is 4.99 Å². The van der Waals surface area contributed by atoms with Crippen molar-refractivity contribution in [1.29, 1.82) is 0 Å². The van der Waals surface area contributed by atoms with Crippen molar-refractivity contribution in [3.8, 4) is 11.5 Å². The highest BCUT2D eigenvalue weighted by Gasteiger charge is 2.52. The van der Waals surface area contributed by atoms with Gasteiger partial charge in [-0.2, -0.15) is 0 Å². The molecule has 42 heavy (non-hydrogen) atoms. The van der Waals surface area contributed by atoms with Gasteiger partial charge >= 0.3 is 0 Å². The van der Waals surface area contributed by atoms with Crippen molar-refractivity contribution in [1.82, 2.24) is 0 Å². The van der Waals surface area contributed by atoms with E-state index in [0.717, 1.165) is 16.7 Å². The van der Waals surface area contributed by atoms with Crippen LogP contribution in [0.3, 0.4) is 0 Å². The molecule has 2 atom stereocenters. The molecule has 7 heteroatoms. The average Bonchev–Trinajstić information content (AvgIpc) is 3.43. The number of rotatable bonds is 12. The smallest absolute Gasteiger partial charge is 0.257 e. The first kappa shape index (κ1) is 28.6. The van der Waals surface area contributed by atoms with Crippen LogP contribution >= 0.6 is 0 Å². The van der Waals surface area contributed by atoms with Crippen molar-refractivity contribution in [2.75, 3.05) is 25.6 Å². The molecule has 0 fully saturated rings. The Labute approximate surface area is 246 Å². The summed E-state index contributed by atoms with van der Waals surface area (Å²) in [4.78, 5) is 19.3. The molecule has 4 aromatic carbocycles. The summed E-state index contributed by atoms with van der Waals surface area (Å²) in [5, 5.41) is 12.1. The Hall–Kier alpha value is -4.88. The number of aliphatic hydroxyl groups excluding tert-OH is 1. The number of carbonyl (C=O) groups is 1. The number of ether oxygens (including phenoxy) is 3. The van der Waals surface area contributed by atoms with Gasteiger partial charge < -0.3 is 24.6 Å². The van der Waals surface area contributed by atoms with E-state index in [9.17, 15) is 4.79 Å². The summed E-state index contributed by atoms with van der Waals surface area (Å²) in [5.74, 6) is 1.42. The number of benzene rings is 4. The van der Waals surface area contributed by atoms with Gasteiger partial charge in [-0.05, 0) is 59.7 Å². The number of anilines is 1. The minimum absolute atomic E-state index is 0.0697. The summed E-state index contributed by atoms with van der Waals surface area (Å²) in [5.41, 5.74) is 1.87. The number of methoxy groups -OCH3 is 1. The number of nitrogens with one attached hydrogen (secondary N) is 1. The van der Waals surface area contributed by atoms with Crippen LogP contribution in [0.4, 0.5) is 5.69 Å². The van der Waals surface area contributed by atoms with Crippen molar-refractivity contribution in [2.24, 2.45) is 4.99 Å². The standard InChI is InChI=1S/C35H34N2O5/c1-40-31-17-8-14-28(25-31)32-35(22-9-13-26-11-4-2-5-12-26,34(39)36-29-15-6-3-7-16-29)37-33(42-32)27-18-20-30(21-19-27)41-24-10-23-38/h2-9,11-21,25,32,38H,10,22-24H2,1H3,(H,36,39)/b13-9+/t32-,35-/m1/s1. The number of hydrogen-bond donors (Lipinski definition) is 2. The Balaban J connectivity index is 1.56. The van der Waals surface area contributed by atoms with Gasteiger partial charge in [-0.3, -0.25) is 4.79 Å². The van der Waals surface area contributed by atoms with Crippen LogP contribution in [0.15, 0.2) is 120 Å². The molecular formula is C35H34N2O5. The zero-order chi connectivity index (χ0) is 29.2. The summed E-state index contributed by atoms with van der Waals surface area (Å²) in [6.07, 6.45) is 4.07. The van der Waals surface area contributed by atoms with Gasteiger partial charge in [0, 0.05) is 30.7 Å². The van der Waals surface area contributed by atoms with Crippen LogP contribution in [0, 0.1) is 0 Å². The first-order valence-corrected chi connectivity index (χ1v) is 13.9. The maximum atomic E-state index is 14.3. The fourth-order valence-corrected chi connectivity index (χ4v) is 4.82. The normalized spacial score (nSPS) is 17.9. The second-order valence-corrected chi connectivity index (χ2v) is 9.90. The number of hydrogen-bond acceptors (Lipinski definition) is 6. The zero-order valence-corrected chi connectivity index (χ0v) is 23.5. The lowest BCUT2D eigenvalue weighted by Crippen LogP contribution is -2.44. The van der Waals surface area contributed by atoms with E-state index in [2.05, 4.69) is 5.32 Å². The molecule has 1 amide bonds. The molecule has 0 aliphatic carbocycles. The molecule has 0 aromatic heterocycles. The van der Waals surface area contributed by atoms with Crippen LogP contribution in [-0.2, 0) is 9.53 Å². The van der Waals surface area contributed by atoms with Crippen LogP contribution in [-0.4, -0.2) is 42.8 Å². The van der Waals surface area contributed by atoms with Gasteiger partial charge in [0.25, 0.3) is 5.91 Å². The summed E-state index contributed by atoms with van der Waals surface area (Å²) in [6, 6.07) is 34.2. The van der Waals surface area contributed by atoms with E-state index in [1.54, 1.807) is 7.11 Å². The van der Waals surface area contributed by atoms with Gasteiger partial charge in [0.1, 0.15) is 11.5 Å². The number of aliphatic hydroxyl groups is 1. The number of carbonyl (C=O) groups excluding carboxylic acids is 1. The third-order valence-electron chi connectivity index (χ3n) is 7.00. The number of amides is 1. The average molecular weight is 563 g/mol. The zero-order valence-electron chi connectivity index (χ0n) is 23.5. The summed E-state index contributed by atoms with van der Waals surface area (Å²) in [6.45, 7) is 0.488. The summed E-state index contributed by atoms with van der Waals surface area (Å²) in [7, 11) is 1.61. The molecule has 0 spiro atoms. The number of nitrogens with zero attached hydrogens (tertiary/aromatic N) is 1. The van der Waals surface area contributed by atoms with E-state index in [4.69, 9.17) is 24.3 Å². The Morgan fingerprint density at radius 3 is 2.40 bits per heavy atom. The molecule has 0 unspecified atom stereocenters. The number of aliphatic imine (C=N–C) groups is 1. The van der Waals surface area contributed by atoms with E-state index in [0.29, 0.717) is 36.1 Å². The molecule has 2 N–H and O–H groups in total. The molecule has 0 saturated carbocycles. The third kappa shape index (κ3) is 6.70. The second kappa shape index (κ2) is 13.7. The molecule has 5 rings (SSSR count). The Morgan fingerprint density at radius 1 is 0.952 bits per heavy atom. The lowest BCUT2D eigenvalue weighted by atomic mass is 9.84. The van der Waals surface area contributed by atoms with Crippen LogP contribution in [0.1, 0.15) is 35.6 Å². The highest BCUT2D eigenvalue weighted by molar-refractivity contribution is 6.05. The Bertz CT molecular complexity index is 1520. The summed E-state index contributed by atoms with van der Waals surface area (Å²) >= 11 is 0. The predicted octanol–water partition coefficient (Wildman–Crippen LogP) is 6.46. The Kier molecular flexibility index (Phi) is 9.31. The van der Waals surface area contributed by atoms with E-state index in [1.807, 2.05) is 121 Å². The van der Waals surface area contributed by atoms with E-state index < -0.39 is 11.6 Å². The highest BCUT2D eigenvalue weighted by atomic mass is 16.5. The molecule has 214 valence electrons. The van der Waals surface area contributed by atoms with Crippen LogP contribution in [0.2, 0.25) is 0 Å². The first-order valence-electron chi connectivity index (χ1n) is 13.9. The van der Waals surface area contributed by atoms with E-state index in [1.165, 1.54) is 0 Å². The molecule has 0 saturated heterocycles. The van der Waals surface area contributed by atoms with Crippen molar-refractivity contribution in [3.05, 3.63) is 132 Å². The van der Waals surface area contributed by atoms with Gasteiger partial charge in [0.2, 0.25) is 5.90 Å². The molecule has 1 aliphatic heterocycles. The predicted molar refractivity (Wildman–Crippen MR) is 165 cm³/mol. The van der Waals surface area contributed by atoms with Crippen molar-refractivity contribution >= 4 is 23.6 Å². The van der Waals surface area contributed by atoms with Crippen LogP contribution < -0.4 is 14.8 Å². The maximum Gasteiger partial charge on any atom is 0.257 e. The molecule has 0 bridgehead atoms. The van der Waals surface area contributed by atoms with Crippen molar-refractivity contribution < 1.29 is 24.1 Å². The van der Waals surface area contributed by atoms with E-state index >= 15 is 0 Å². The van der Waals surface area contributed by atoms with Gasteiger partial charge in [0.05, 0.1) is 13.7 Å². The van der Waals surface area contributed by atoms with Crippen LogP contribution in [0.25, 0.3) is 6.08 Å². The molecular weight excluding hydrogens is 528 g/mol. The topological polar surface area (TPSA) is 89.4 Å². The molecule has 1 heterocycles.